The number of benzene rings is 9. The number of nitrogens with zero attached hydrogens (tertiary/aromatic N) is 1. The molecule has 0 saturated heterocycles. The summed E-state index contributed by atoms with van der Waals surface area (Å²) in [6.45, 7) is 16.1. The molecule has 2 aliphatic rings. The average molecular weight is 908 g/mol. The first-order valence-electron chi connectivity index (χ1n) is 25.6. The molecule has 70 heavy (non-hydrogen) atoms. The fourth-order valence-corrected chi connectivity index (χ4v) is 12.0. The van der Waals surface area contributed by atoms with E-state index in [4.69, 9.17) is 0 Å². The molecule has 9 aromatic carbocycles. The maximum atomic E-state index is 2.53. The molecule has 2 aliphatic carbocycles. The molecule has 11 rings (SSSR count). The van der Waals surface area contributed by atoms with Gasteiger partial charge in [0.1, 0.15) is 0 Å². The summed E-state index contributed by atoms with van der Waals surface area (Å²) in [5, 5.41) is 0. The van der Waals surface area contributed by atoms with Crippen LogP contribution in [0.4, 0.5) is 17.1 Å². The molecule has 0 spiro atoms. The lowest BCUT2D eigenvalue weighted by molar-refractivity contribution is 0.589. The van der Waals surface area contributed by atoms with E-state index in [0.717, 1.165) is 23.5 Å². The summed E-state index contributed by atoms with van der Waals surface area (Å²) < 4.78 is 0. The third-order valence-corrected chi connectivity index (χ3v) is 15.6. The summed E-state index contributed by atoms with van der Waals surface area (Å²) in [5.74, 6) is 0. The van der Waals surface area contributed by atoms with E-state index in [9.17, 15) is 0 Å². The molecule has 1 heteroatoms. The second-order valence-electron chi connectivity index (χ2n) is 21.9. The Morgan fingerprint density at radius 2 is 0.714 bits per heavy atom. The minimum atomic E-state index is -0.546. The molecular formula is C69H65N. The van der Waals surface area contributed by atoms with Gasteiger partial charge in [-0.1, -0.05) is 243 Å². The van der Waals surface area contributed by atoms with Gasteiger partial charge in [-0.2, -0.15) is 0 Å². The Balaban J connectivity index is 1.17. The molecule has 0 heterocycles. The Labute approximate surface area is 417 Å². The minimum Gasteiger partial charge on any atom is -0.310 e. The Morgan fingerprint density at radius 3 is 1.13 bits per heavy atom. The van der Waals surface area contributed by atoms with Gasteiger partial charge < -0.3 is 4.90 Å². The number of rotatable bonds is 11. The van der Waals surface area contributed by atoms with Crippen LogP contribution in [0, 0.1) is 0 Å². The lowest BCUT2D eigenvalue weighted by Crippen LogP contribution is -2.29. The molecule has 9 aromatic rings. The highest BCUT2D eigenvalue weighted by atomic mass is 15.1. The van der Waals surface area contributed by atoms with Crippen molar-refractivity contribution in [2.24, 2.45) is 0 Å². The molecule has 2 atom stereocenters. The van der Waals surface area contributed by atoms with Crippen molar-refractivity contribution in [2.45, 2.75) is 95.8 Å². The van der Waals surface area contributed by atoms with Gasteiger partial charge in [-0.3, -0.25) is 0 Å². The van der Waals surface area contributed by atoms with Crippen LogP contribution in [0.5, 0.6) is 0 Å². The lowest BCUT2D eigenvalue weighted by Gasteiger charge is -2.36. The topological polar surface area (TPSA) is 3.24 Å². The first-order chi connectivity index (χ1) is 33.9. The van der Waals surface area contributed by atoms with Gasteiger partial charge in [0.2, 0.25) is 0 Å². The molecule has 0 bridgehead atoms. The second kappa shape index (κ2) is 17.6. The molecule has 0 aromatic heterocycles. The van der Waals surface area contributed by atoms with E-state index in [-0.39, 0.29) is 10.8 Å². The van der Waals surface area contributed by atoms with E-state index in [1.54, 1.807) is 0 Å². The highest BCUT2D eigenvalue weighted by Gasteiger charge is 2.48. The molecule has 0 fully saturated rings. The number of unbranched alkanes of at least 4 members (excludes halogenated alkanes) is 2. The third kappa shape index (κ3) is 7.36. The van der Waals surface area contributed by atoms with Gasteiger partial charge in [0.15, 0.2) is 0 Å². The zero-order valence-corrected chi connectivity index (χ0v) is 42.1. The van der Waals surface area contributed by atoms with Crippen LogP contribution in [0.3, 0.4) is 0 Å². The van der Waals surface area contributed by atoms with E-state index in [1.807, 2.05) is 0 Å². The third-order valence-electron chi connectivity index (χ3n) is 15.6. The van der Waals surface area contributed by atoms with Crippen molar-refractivity contribution in [3.63, 3.8) is 0 Å². The summed E-state index contributed by atoms with van der Waals surface area (Å²) in [4.78, 5) is 2.53. The van der Waals surface area contributed by atoms with Crippen molar-refractivity contribution in [2.75, 3.05) is 4.90 Å². The first kappa shape index (κ1) is 45.2. The fraction of sp³-hybridized carbons (Fsp3) is 0.217. The Morgan fingerprint density at radius 1 is 0.343 bits per heavy atom. The maximum absolute atomic E-state index is 2.53. The number of hydrogen-bond donors (Lipinski definition) is 0. The molecule has 0 amide bonds. The monoisotopic (exact) mass is 908 g/mol. The van der Waals surface area contributed by atoms with Gasteiger partial charge in [0, 0.05) is 17.1 Å². The van der Waals surface area contributed by atoms with Crippen LogP contribution in [0.25, 0.3) is 22.3 Å². The average Bonchev–Trinajstić information content (AvgIpc) is 3.85. The van der Waals surface area contributed by atoms with E-state index in [2.05, 4.69) is 272 Å². The van der Waals surface area contributed by atoms with E-state index >= 15 is 0 Å². The van der Waals surface area contributed by atoms with Gasteiger partial charge in [0.05, 0.1) is 10.8 Å². The second-order valence-corrected chi connectivity index (χ2v) is 21.9. The van der Waals surface area contributed by atoms with Crippen molar-refractivity contribution in [3.8, 4) is 22.3 Å². The molecule has 1 nitrogen and oxygen atoms in total. The number of anilines is 3. The van der Waals surface area contributed by atoms with E-state index < -0.39 is 10.8 Å². The van der Waals surface area contributed by atoms with Crippen LogP contribution in [0.15, 0.2) is 218 Å². The zero-order valence-electron chi connectivity index (χ0n) is 42.1. The van der Waals surface area contributed by atoms with Crippen LogP contribution < -0.4 is 4.90 Å². The van der Waals surface area contributed by atoms with Crippen molar-refractivity contribution >= 4 is 17.1 Å². The van der Waals surface area contributed by atoms with Crippen LogP contribution in [-0.2, 0) is 28.1 Å². The molecule has 0 aliphatic heterocycles. The summed E-state index contributed by atoms with van der Waals surface area (Å²) in [5.41, 5.74) is 21.9. The van der Waals surface area contributed by atoms with Gasteiger partial charge in [-0.25, -0.2) is 0 Å². The summed E-state index contributed by atoms with van der Waals surface area (Å²) in [6, 6.07) is 83.7. The predicted molar refractivity (Wildman–Crippen MR) is 296 cm³/mol. The van der Waals surface area contributed by atoms with Gasteiger partial charge in [-0.15, -0.1) is 0 Å². The quantitative estimate of drug-likeness (QED) is 0.117. The number of fused-ring (bicyclic) bond motifs is 6. The lowest BCUT2D eigenvalue weighted by atomic mass is 9.67. The molecule has 0 N–H and O–H groups in total. The van der Waals surface area contributed by atoms with E-state index in [1.165, 1.54) is 103 Å². The van der Waals surface area contributed by atoms with Crippen LogP contribution >= 0.6 is 0 Å². The number of hydrogen-bond acceptors (Lipinski definition) is 1. The standard InChI is InChI=1S/C69H65N/c1-8-9-12-21-48-30-40-55(41-31-48)70(56-42-44-60-58-26-17-19-28-62(58)68(64(60)46-56,51-22-13-10-14-23-51)53-36-32-49(33-37-53)66(2,3)4)57-43-45-61-59-27-18-20-29-63(59)69(65(61)47-57,52-24-15-11-16-25-52)54-38-34-50(35-39-54)67(5,6)7/h10-11,13-20,22-47H,8-9,12,21H2,1-7H3. The smallest absolute Gasteiger partial charge is 0.0714 e. The molecule has 2 unspecified atom stereocenters. The van der Waals surface area contributed by atoms with Gasteiger partial charge >= 0.3 is 0 Å². The van der Waals surface area contributed by atoms with Crippen LogP contribution in [-0.4, -0.2) is 0 Å². The number of aryl methyl sites for hydroxylation is 1. The highest BCUT2D eigenvalue weighted by molar-refractivity contribution is 5.92. The van der Waals surface area contributed by atoms with Crippen molar-refractivity contribution in [1.29, 1.82) is 0 Å². The maximum Gasteiger partial charge on any atom is 0.0714 e. The summed E-state index contributed by atoms with van der Waals surface area (Å²) in [6.07, 6.45) is 4.75. The zero-order chi connectivity index (χ0) is 48.3. The summed E-state index contributed by atoms with van der Waals surface area (Å²) in [7, 11) is 0. The van der Waals surface area contributed by atoms with Crippen molar-refractivity contribution in [1.82, 2.24) is 0 Å². The SMILES string of the molecule is CCCCCc1ccc(N(c2ccc3c(c2)C(c2ccccc2)(c2ccc(C(C)(C)C)cc2)c2ccccc2-3)c2ccc3c(c2)C(c2ccccc2)(c2ccc(C(C)(C)C)cc2)c2ccccc2-3)cc1. The Bertz CT molecular complexity index is 3110. The normalized spacial score (nSPS) is 16.8. The van der Waals surface area contributed by atoms with Crippen LogP contribution in [0.1, 0.15) is 129 Å². The molecule has 0 radical (unpaired) electrons. The van der Waals surface area contributed by atoms with Gasteiger partial charge in [0.25, 0.3) is 0 Å². The van der Waals surface area contributed by atoms with Crippen LogP contribution in [0.2, 0.25) is 0 Å². The highest BCUT2D eigenvalue weighted by Crippen LogP contribution is 2.60. The van der Waals surface area contributed by atoms with E-state index in [0.29, 0.717) is 0 Å². The molecule has 0 saturated carbocycles. The minimum absolute atomic E-state index is 0.0361. The van der Waals surface area contributed by atoms with Crippen molar-refractivity contribution < 1.29 is 0 Å². The van der Waals surface area contributed by atoms with Gasteiger partial charge in [-0.05, 0) is 144 Å². The fourth-order valence-electron chi connectivity index (χ4n) is 12.0. The predicted octanol–water partition coefficient (Wildman–Crippen LogP) is 18.2. The molecular weight excluding hydrogens is 843 g/mol. The first-order valence-corrected chi connectivity index (χ1v) is 25.6. The largest absolute Gasteiger partial charge is 0.310 e. The van der Waals surface area contributed by atoms with Crippen molar-refractivity contribution in [3.05, 3.63) is 280 Å². The Kier molecular flexibility index (Phi) is 11.4. The molecule has 346 valence electrons. The summed E-state index contributed by atoms with van der Waals surface area (Å²) >= 11 is 0. The Hall–Kier alpha value is -7.22.